The van der Waals surface area contributed by atoms with Crippen molar-refractivity contribution in [2.24, 2.45) is 0 Å². The van der Waals surface area contributed by atoms with Crippen LogP contribution < -0.4 is 5.32 Å². The van der Waals surface area contributed by atoms with Gasteiger partial charge in [-0.2, -0.15) is 0 Å². The molecule has 0 bridgehead atoms. The summed E-state index contributed by atoms with van der Waals surface area (Å²) in [7, 11) is 0. The van der Waals surface area contributed by atoms with Gasteiger partial charge in [0, 0.05) is 36.6 Å². The molecule has 182 valence electrons. The van der Waals surface area contributed by atoms with E-state index in [1.54, 1.807) is 4.90 Å². The van der Waals surface area contributed by atoms with Crippen LogP contribution in [0.15, 0.2) is 91.1 Å². The fraction of sp³-hybridized carbons (Fsp3) is 0.207. The maximum atomic E-state index is 13.4. The third-order valence-electron chi connectivity index (χ3n) is 6.58. The van der Waals surface area contributed by atoms with Gasteiger partial charge in [-0.05, 0) is 29.2 Å². The smallest absolute Gasteiger partial charge is 0.325 e. The maximum Gasteiger partial charge on any atom is 0.325 e. The van der Waals surface area contributed by atoms with Gasteiger partial charge in [0.1, 0.15) is 12.6 Å². The first-order valence-electron chi connectivity index (χ1n) is 12.1. The number of hydrogen-bond acceptors (Lipinski definition) is 3. The number of aromatic amines is 1. The number of nitrogens with one attached hydrogen (secondary N) is 2. The zero-order valence-electron chi connectivity index (χ0n) is 19.9. The van der Waals surface area contributed by atoms with Crippen LogP contribution >= 0.6 is 0 Å². The molecule has 2 heterocycles. The molecule has 1 atom stereocenters. The molecular weight excluding hydrogens is 452 g/mol. The van der Waals surface area contributed by atoms with E-state index in [0.717, 1.165) is 32.5 Å². The van der Waals surface area contributed by atoms with Crippen molar-refractivity contribution < 1.29 is 14.4 Å². The number of para-hydroxylation sites is 1. The molecule has 2 N–H and O–H groups in total. The maximum absolute atomic E-state index is 13.4. The van der Waals surface area contributed by atoms with Gasteiger partial charge >= 0.3 is 6.03 Å². The Morgan fingerprint density at radius 3 is 2.28 bits per heavy atom. The quantitative estimate of drug-likeness (QED) is 0.356. The molecule has 4 aromatic rings. The molecule has 3 aromatic carbocycles. The number of fused-ring (bicyclic) bond motifs is 1. The number of carbonyl (C=O) groups excluding carboxylic acids is 3. The Morgan fingerprint density at radius 2 is 1.53 bits per heavy atom. The molecule has 7 nitrogen and oxygen atoms in total. The highest BCUT2D eigenvalue weighted by molar-refractivity contribution is 6.06. The van der Waals surface area contributed by atoms with Crippen LogP contribution in [-0.2, 0) is 29.0 Å². The van der Waals surface area contributed by atoms with Crippen molar-refractivity contribution in [2.75, 3.05) is 13.1 Å². The summed E-state index contributed by atoms with van der Waals surface area (Å²) < 4.78 is 0. The molecule has 1 aliphatic rings. The summed E-state index contributed by atoms with van der Waals surface area (Å²) in [5.41, 5.74) is 4.04. The highest BCUT2D eigenvalue weighted by Gasteiger charge is 2.39. The summed E-state index contributed by atoms with van der Waals surface area (Å²) in [6.45, 7) is 0.617. The summed E-state index contributed by atoms with van der Waals surface area (Å²) in [6, 6.07) is 26.3. The molecule has 0 radical (unpaired) electrons. The Morgan fingerprint density at radius 1 is 0.861 bits per heavy atom. The topological polar surface area (TPSA) is 85.5 Å². The zero-order valence-corrected chi connectivity index (χ0v) is 19.9. The standard InChI is InChI=1S/C29H28N4O3/c34-27(32(19-22-11-5-2-6-12-22)16-15-21-9-3-1-4-10-21)20-33-28(35)26(31-29(33)36)17-23-18-30-25-14-8-7-13-24(23)25/h1-14,18,26,30H,15-17,19-20H2,(H,31,36)/t26-/m1/s1. The van der Waals surface area contributed by atoms with E-state index in [-0.39, 0.29) is 18.4 Å². The third-order valence-corrected chi connectivity index (χ3v) is 6.58. The van der Waals surface area contributed by atoms with E-state index in [4.69, 9.17) is 0 Å². The van der Waals surface area contributed by atoms with Gasteiger partial charge in [-0.25, -0.2) is 4.79 Å². The highest BCUT2D eigenvalue weighted by atomic mass is 16.2. The van der Waals surface area contributed by atoms with Crippen LogP contribution in [0.5, 0.6) is 0 Å². The summed E-state index contributed by atoms with van der Waals surface area (Å²) in [6.07, 6.45) is 2.91. The molecule has 0 saturated carbocycles. The van der Waals surface area contributed by atoms with E-state index in [2.05, 4.69) is 10.3 Å². The van der Waals surface area contributed by atoms with E-state index >= 15 is 0 Å². The lowest BCUT2D eigenvalue weighted by molar-refractivity contribution is -0.137. The molecule has 1 aromatic heterocycles. The lowest BCUT2D eigenvalue weighted by Crippen LogP contribution is -2.43. The van der Waals surface area contributed by atoms with E-state index in [1.165, 1.54) is 0 Å². The van der Waals surface area contributed by atoms with Gasteiger partial charge in [-0.1, -0.05) is 78.9 Å². The van der Waals surface area contributed by atoms with Crippen LogP contribution in [0.2, 0.25) is 0 Å². The predicted octanol–water partition coefficient (Wildman–Crippen LogP) is 3.90. The number of benzene rings is 3. The van der Waals surface area contributed by atoms with Gasteiger partial charge in [0.05, 0.1) is 0 Å². The normalized spacial score (nSPS) is 15.3. The average molecular weight is 481 g/mol. The number of aromatic nitrogens is 1. The predicted molar refractivity (Wildman–Crippen MR) is 138 cm³/mol. The molecule has 1 aliphatic heterocycles. The Kier molecular flexibility index (Phi) is 6.80. The lowest BCUT2D eigenvalue weighted by Gasteiger charge is -2.25. The molecule has 1 fully saturated rings. The molecular formula is C29H28N4O3. The largest absolute Gasteiger partial charge is 0.361 e. The van der Waals surface area contributed by atoms with E-state index in [9.17, 15) is 14.4 Å². The summed E-state index contributed by atoms with van der Waals surface area (Å²) >= 11 is 0. The number of rotatable bonds is 9. The summed E-state index contributed by atoms with van der Waals surface area (Å²) in [5, 5.41) is 3.78. The van der Waals surface area contributed by atoms with Crippen molar-refractivity contribution in [2.45, 2.75) is 25.4 Å². The minimum absolute atomic E-state index is 0.258. The first kappa shape index (κ1) is 23.4. The first-order valence-corrected chi connectivity index (χ1v) is 12.1. The lowest BCUT2D eigenvalue weighted by atomic mass is 10.1. The van der Waals surface area contributed by atoms with Crippen molar-refractivity contribution in [3.8, 4) is 0 Å². The van der Waals surface area contributed by atoms with E-state index in [0.29, 0.717) is 25.9 Å². The average Bonchev–Trinajstić information content (AvgIpc) is 3.43. The minimum Gasteiger partial charge on any atom is -0.361 e. The number of hydrogen-bond donors (Lipinski definition) is 2. The molecule has 4 amide bonds. The second-order valence-electron chi connectivity index (χ2n) is 9.03. The van der Waals surface area contributed by atoms with Crippen molar-refractivity contribution in [1.82, 2.24) is 20.1 Å². The van der Waals surface area contributed by atoms with Gasteiger partial charge in [0.15, 0.2) is 0 Å². The number of urea groups is 1. The Hall–Kier alpha value is -4.39. The minimum atomic E-state index is -0.698. The van der Waals surface area contributed by atoms with Crippen LogP contribution in [0.25, 0.3) is 10.9 Å². The van der Waals surface area contributed by atoms with Gasteiger partial charge in [0.2, 0.25) is 5.91 Å². The number of amides is 4. The van der Waals surface area contributed by atoms with E-state index < -0.39 is 12.1 Å². The van der Waals surface area contributed by atoms with Crippen molar-refractivity contribution in [1.29, 1.82) is 0 Å². The second kappa shape index (κ2) is 10.5. The van der Waals surface area contributed by atoms with Gasteiger partial charge in [-0.15, -0.1) is 0 Å². The summed E-state index contributed by atoms with van der Waals surface area (Å²) in [4.78, 5) is 45.2. The van der Waals surface area contributed by atoms with Crippen LogP contribution in [0.4, 0.5) is 4.79 Å². The van der Waals surface area contributed by atoms with Crippen LogP contribution in [0, 0.1) is 0 Å². The molecule has 1 saturated heterocycles. The van der Waals surface area contributed by atoms with Crippen LogP contribution in [-0.4, -0.2) is 51.8 Å². The Balaban J connectivity index is 1.27. The first-order chi connectivity index (χ1) is 17.6. The van der Waals surface area contributed by atoms with E-state index in [1.807, 2.05) is 91.1 Å². The molecule has 0 unspecified atom stereocenters. The Bertz CT molecular complexity index is 1370. The van der Waals surface area contributed by atoms with Gasteiger partial charge in [0.25, 0.3) is 5.91 Å². The van der Waals surface area contributed by atoms with Crippen LogP contribution in [0.3, 0.4) is 0 Å². The fourth-order valence-corrected chi connectivity index (χ4v) is 4.63. The third kappa shape index (κ3) is 5.15. The number of carbonyl (C=O) groups is 3. The Labute approximate surface area is 209 Å². The van der Waals surface area contributed by atoms with Crippen LogP contribution in [0.1, 0.15) is 16.7 Å². The molecule has 5 rings (SSSR count). The molecule has 36 heavy (non-hydrogen) atoms. The van der Waals surface area contributed by atoms with Gasteiger partial charge in [-0.3, -0.25) is 14.5 Å². The van der Waals surface area contributed by atoms with Crippen molar-refractivity contribution >= 4 is 28.7 Å². The molecule has 7 heteroatoms. The number of imide groups is 1. The molecule has 0 aliphatic carbocycles. The van der Waals surface area contributed by atoms with Gasteiger partial charge < -0.3 is 15.2 Å². The fourth-order valence-electron chi connectivity index (χ4n) is 4.63. The monoisotopic (exact) mass is 480 g/mol. The van der Waals surface area contributed by atoms with Crippen molar-refractivity contribution in [3.05, 3.63) is 108 Å². The number of H-pyrrole nitrogens is 1. The molecule has 0 spiro atoms. The second-order valence-corrected chi connectivity index (χ2v) is 9.03. The highest BCUT2D eigenvalue weighted by Crippen LogP contribution is 2.21. The summed E-state index contributed by atoms with van der Waals surface area (Å²) in [5.74, 6) is -0.632. The SMILES string of the molecule is O=C(CN1C(=O)N[C@H](Cc2c[nH]c3ccccc23)C1=O)N(CCc1ccccc1)Cc1ccccc1. The zero-order chi connectivity index (χ0) is 24.9. The number of nitrogens with zero attached hydrogens (tertiary/aromatic N) is 2. The van der Waals surface area contributed by atoms with Crippen molar-refractivity contribution in [3.63, 3.8) is 0 Å².